The summed E-state index contributed by atoms with van der Waals surface area (Å²) in [6, 6.07) is 5.26. The molecule has 1 aliphatic carbocycles. The molecule has 1 N–H and O–H groups in total. The van der Waals surface area contributed by atoms with E-state index in [2.05, 4.69) is 24.1 Å². The summed E-state index contributed by atoms with van der Waals surface area (Å²) in [7, 11) is 0. The molecule has 1 aliphatic rings. The minimum Gasteiger partial charge on any atom is -0.424 e. The summed E-state index contributed by atoms with van der Waals surface area (Å²) in [6.45, 7) is 4.55. The average Bonchev–Trinajstić information content (AvgIpc) is 2.78. The summed E-state index contributed by atoms with van der Waals surface area (Å²) >= 11 is 0. The van der Waals surface area contributed by atoms with E-state index < -0.39 is 4.92 Å². The highest BCUT2D eigenvalue weighted by Crippen LogP contribution is 2.36. The van der Waals surface area contributed by atoms with Gasteiger partial charge in [-0.3, -0.25) is 10.1 Å². The molecule has 2 aromatic rings. The highest BCUT2D eigenvalue weighted by molar-refractivity contribution is 5.77. The van der Waals surface area contributed by atoms with Crippen LogP contribution in [0.4, 0.5) is 11.7 Å². The number of non-ortho nitro benzene ring substituents is 1. The van der Waals surface area contributed by atoms with Crippen molar-refractivity contribution in [3.05, 3.63) is 28.3 Å². The largest absolute Gasteiger partial charge is 0.424 e. The Labute approximate surface area is 122 Å². The van der Waals surface area contributed by atoms with Crippen LogP contribution in [-0.2, 0) is 0 Å². The van der Waals surface area contributed by atoms with Crippen LogP contribution in [0, 0.1) is 15.5 Å². The van der Waals surface area contributed by atoms with E-state index >= 15 is 0 Å². The zero-order valence-corrected chi connectivity index (χ0v) is 12.3. The van der Waals surface area contributed by atoms with Gasteiger partial charge in [-0.05, 0) is 30.7 Å². The number of fused-ring (bicyclic) bond motifs is 1. The fraction of sp³-hybridized carbons (Fsp3) is 0.533. The van der Waals surface area contributed by atoms with Gasteiger partial charge in [0.2, 0.25) is 0 Å². The Morgan fingerprint density at radius 3 is 3.00 bits per heavy atom. The van der Waals surface area contributed by atoms with Gasteiger partial charge in [-0.15, -0.1) is 0 Å². The van der Waals surface area contributed by atoms with Crippen LogP contribution in [0.15, 0.2) is 22.6 Å². The molecular formula is C15H19N3O3. The van der Waals surface area contributed by atoms with Gasteiger partial charge in [0.1, 0.15) is 5.52 Å². The van der Waals surface area contributed by atoms with Gasteiger partial charge in [0.25, 0.3) is 11.7 Å². The molecule has 1 aromatic carbocycles. The molecule has 6 heteroatoms. The van der Waals surface area contributed by atoms with Crippen LogP contribution >= 0.6 is 0 Å². The molecule has 1 saturated carbocycles. The summed E-state index contributed by atoms with van der Waals surface area (Å²) < 4.78 is 5.63. The number of benzene rings is 1. The molecule has 0 saturated heterocycles. The topological polar surface area (TPSA) is 81.2 Å². The van der Waals surface area contributed by atoms with E-state index in [4.69, 9.17) is 4.42 Å². The van der Waals surface area contributed by atoms with Crippen LogP contribution in [0.25, 0.3) is 11.1 Å². The lowest BCUT2D eigenvalue weighted by atomic mass is 9.75. The Hall–Kier alpha value is -2.11. The first-order valence-electron chi connectivity index (χ1n) is 7.24. The molecule has 3 rings (SSSR count). The van der Waals surface area contributed by atoms with Crippen molar-refractivity contribution in [3.8, 4) is 0 Å². The number of rotatable bonds is 3. The summed E-state index contributed by atoms with van der Waals surface area (Å²) in [5.74, 6) is 0. The number of nitro groups is 1. The third-order valence-electron chi connectivity index (χ3n) is 4.11. The van der Waals surface area contributed by atoms with Crippen molar-refractivity contribution in [1.82, 2.24) is 4.98 Å². The lowest BCUT2D eigenvalue weighted by Gasteiger charge is -2.35. The Morgan fingerprint density at radius 2 is 2.29 bits per heavy atom. The van der Waals surface area contributed by atoms with Crippen molar-refractivity contribution in [2.75, 3.05) is 5.32 Å². The minimum atomic E-state index is -0.426. The minimum absolute atomic E-state index is 0.0288. The molecule has 0 amide bonds. The summed E-state index contributed by atoms with van der Waals surface area (Å²) in [4.78, 5) is 14.7. The standard InChI is InChI=1S/C15H19N3O3/c1-15(2)7-3-4-10(9-15)16-14-17-12-8-11(18(19)20)5-6-13(12)21-14/h5-6,8,10H,3-4,7,9H2,1-2H3,(H,16,17). The van der Waals surface area contributed by atoms with Gasteiger partial charge < -0.3 is 9.73 Å². The number of anilines is 1. The molecule has 1 atom stereocenters. The van der Waals surface area contributed by atoms with Gasteiger partial charge in [-0.1, -0.05) is 20.3 Å². The maximum atomic E-state index is 10.8. The van der Waals surface area contributed by atoms with Gasteiger partial charge in [-0.2, -0.15) is 4.98 Å². The van der Waals surface area contributed by atoms with E-state index in [-0.39, 0.29) is 5.69 Å². The number of nitrogens with one attached hydrogen (secondary N) is 1. The first-order chi connectivity index (χ1) is 9.93. The number of hydrogen-bond donors (Lipinski definition) is 1. The monoisotopic (exact) mass is 289 g/mol. The molecule has 1 fully saturated rings. The Morgan fingerprint density at radius 1 is 1.48 bits per heavy atom. The average molecular weight is 289 g/mol. The van der Waals surface area contributed by atoms with Crippen molar-refractivity contribution in [3.63, 3.8) is 0 Å². The highest BCUT2D eigenvalue weighted by Gasteiger charge is 2.28. The molecular weight excluding hydrogens is 270 g/mol. The maximum absolute atomic E-state index is 10.8. The van der Waals surface area contributed by atoms with Gasteiger partial charge in [-0.25, -0.2) is 0 Å². The molecule has 6 nitrogen and oxygen atoms in total. The second kappa shape index (κ2) is 5.02. The third kappa shape index (κ3) is 2.99. The predicted octanol–water partition coefficient (Wildman–Crippen LogP) is 4.12. The van der Waals surface area contributed by atoms with E-state index in [0.717, 1.165) is 12.8 Å². The molecule has 0 aliphatic heterocycles. The Kier molecular flexibility index (Phi) is 3.31. The molecule has 1 unspecified atom stereocenters. The molecule has 112 valence electrons. The SMILES string of the molecule is CC1(C)CCCC(Nc2nc3cc([N+](=O)[O-])ccc3o2)C1. The van der Waals surface area contributed by atoms with E-state index in [1.165, 1.54) is 25.0 Å². The second-order valence-electron chi connectivity index (χ2n) is 6.53. The fourth-order valence-electron chi connectivity index (χ4n) is 3.09. The van der Waals surface area contributed by atoms with Crippen molar-refractivity contribution < 1.29 is 9.34 Å². The zero-order valence-electron chi connectivity index (χ0n) is 12.3. The molecule has 1 aromatic heterocycles. The van der Waals surface area contributed by atoms with E-state index in [0.29, 0.717) is 28.6 Å². The van der Waals surface area contributed by atoms with Crippen LogP contribution in [0.5, 0.6) is 0 Å². The Bertz CT molecular complexity index is 678. The first kappa shape index (κ1) is 13.9. The van der Waals surface area contributed by atoms with Crippen LogP contribution < -0.4 is 5.32 Å². The molecule has 0 bridgehead atoms. The zero-order chi connectivity index (χ0) is 15.0. The van der Waals surface area contributed by atoms with E-state index in [1.54, 1.807) is 6.07 Å². The predicted molar refractivity (Wildman–Crippen MR) is 80.3 cm³/mol. The summed E-state index contributed by atoms with van der Waals surface area (Å²) in [5, 5.41) is 14.1. The first-order valence-corrected chi connectivity index (χ1v) is 7.24. The number of oxazole rings is 1. The van der Waals surface area contributed by atoms with Crippen LogP contribution in [0.1, 0.15) is 39.5 Å². The number of hydrogen-bond acceptors (Lipinski definition) is 5. The van der Waals surface area contributed by atoms with Gasteiger partial charge in [0.05, 0.1) is 4.92 Å². The summed E-state index contributed by atoms with van der Waals surface area (Å²) in [6.07, 6.45) is 4.61. The van der Waals surface area contributed by atoms with Crippen molar-refractivity contribution >= 4 is 22.8 Å². The van der Waals surface area contributed by atoms with Gasteiger partial charge in [0, 0.05) is 18.2 Å². The van der Waals surface area contributed by atoms with Crippen molar-refractivity contribution in [2.45, 2.75) is 45.6 Å². The van der Waals surface area contributed by atoms with Gasteiger partial charge >= 0.3 is 0 Å². The Balaban J connectivity index is 1.80. The quantitative estimate of drug-likeness (QED) is 0.679. The number of nitrogens with zero attached hydrogens (tertiary/aromatic N) is 2. The molecule has 0 radical (unpaired) electrons. The van der Waals surface area contributed by atoms with Crippen LogP contribution in [0.2, 0.25) is 0 Å². The number of nitro benzene ring substituents is 1. The lowest BCUT2D eigenvalue weighted by Crippen LogP contribution is -2.31. The van der Waals surface area contributed by atoms with Gasteiger partial charge in [0.15, 0.2) is 5.58 Å². The van der Waals surface area contributed by atoms with E-state index in [1.807, 2.05) is 0 Å². The van der Waals surface area contributed by atoms with Crippen molar-refractivity contribution in [2.24, 2.45) is 5.41 Å². The normalized spacial score (nSPS) is 21.3. The van der Waals surface area contributed by atoms with Crippen LogP contribution in [-0.4, -0.2) is 15.9 Å². The second-order valence-corrected chi connectivity index (χ2v) is 6.53. The molecule has 1 heterocycles. The van der Waals surface area contributed by atoms with Crippen LogP contribution in [0.3, 0.4) is 0 Å². The maximum Gasteiger partial charge on any atom is 0.295 e. The summed E-state index contributed by atoms with van der Waals surface area (Å²) in [5.41, 5.74) is 1.45. The molecule has 21 heavy (non-hydrogen) atoms. The molecule has 0 spiro atoms. The van der Waals surface area contributed by atoms with Crippen molar-refractivity contribution in [1.29, 1.82) is 0 Å². The fourth-order valence-corrected chi connectivity index (χ4v) is 3.09. The lowest BCUT2D eigenvalue weighted by molar-refractivity contribution is -0.384. The van der Waals surface area contributed by atoms with E-state index in [9.17, 15) is 10.1 Å². The number of aromatic nitrogens is 1. The smallest absolute Gasteiger partial charge is 0.295 e. The highest BCUT2D eigenvalue weighted by atomic mass is 16.6. The third-order valence-corrected chi connectivity index (χ3v) is 4.11.